The second-order valence-corrected chi connectivity index (χ2v) is 3.39. The lowest BCUT2D eigenvalue weighted by molar-refractivity contribution is -0.306. The maximum absolute atomic E-state index is 10.3. The molecule has 0 unspecified atom stereocenters. The molecule has 0 amide bonds. The van der Waals surface area contributed by atoms with E-state index >= 15 is 0 Å². The molecule has 1 aromatic rings. The Balaban J connectivity index is 2.71. The number of rotatable bonds is 3. The summed E-state index contributed by atoms with van der Waals surface area (Å²) in [6, 6.07) is 7.90. The van der Waals surface area contributed by atoms with E-state index in [0.717, 1.165) is 5.56 Å². The lowest BCUT2D eigenvalue weighted by Gasteiger charge is -2.12. The van der Waals surface area contributed by atoms with Crippen molar-refractivity contribution in [1.82, 2.24) is 0 Å². The molecule has 0 aromatic heterocycles. The number of aryl methyl sites for hydroxylation is 1. The minimum atomic E-state index is -0.993. The van der Waals surface area contributed by atoms with Crippen LogP contribution in [0.25, 0.3) is 0 Å². The van der Waals surface area contributed by atoms with E-state index in [2.05, 4.69) is 0 Å². The Morgan fingerprint density at radius 2 is 1.92 bits per heavy atom. The highest BCUT2D eigenvalue weighted by molar-refractivity contribution is 5.65. The highest BCUT2D eigenvalue weighted by Gasteiger charge is 2.04. The van der Waals surface area contributed by atoms with Crippen LogP contribution in [-0.4, -0.2) is 5.97 Å². The molecule has 0 spiro atoms. The molecule has 70 valence electrons. The van der Waals surface area contributed by atoms with E-state index in [1.165, 1.54) is 5.56 Å². The van der Waals surface area contributed by atoms with Gasteiger partial charge in [0.1, 0.15) is 0 Å². The minimum Gasteiger partial charge on any atom is -0.550 e. The number of hydrogen-bond acceptors (Lipinski definition) is 2. The maximum atomic E-state index is 10.3. The molecule has 0 radical (unpaired) electrons. The molecule has 0 saturated carbocycles. The molecule has 0 aliphatic rings. The third-order valence-corrected chi connectivity index (χ3v) is 2.12. The Bertz CT molecular complexity index is 287. The molecule has 0 N–H and O–H groups in total. The van der Waals surface area contributed by atoms with Crippen molar-refractivity contribution >= 4 is 5.97 Å². The number of benzene rings is 1. The van der Waals surface area contributed by atoms with E-state index in [1.54, 1.807) is 0 Å². The third-order valence-electron chi connectivity index (χ3n) is 2.12. The van der Waals surface area contributed by atoms with Crippen LogP contribution >= 0.6 is 0 Å². The SMILES string of the molecule is Cc1ccc([C@@H](C)CC(=O)[O-])cc1. The van der Waals surface area contributed by atoms with Gasteiger partial charge in [-0.25, -0.2) is 0 Å². The summed E-state index contributed by atoms with van der Waals surface area (Å²) in [7, 11) is 0. The van der Waals surface area contributed by atoms with Crippen LogP contribution in [0.4, 0.5) is 0 Å². The quantitative estimate of drug-likeness (QED) is 0.696. The molecule has 1 aromatic carbocycles. The molecule has 13 heavy (non-hydrogen) atoms. The molecule has 0 aliphatic heterocycles. The first-order valence-corrected chi connectivity index (χ1v) is 4.36. The first kappa shape index (κ1) is 9.78. The lowest BCUT2D eigenvalue weighted by Crippen LogP contribution is -2.23. The van der Waals surface area contributed by atoms with E-state index in [1.807, 2.05) is 38.1 Å². The van der Waals surface area contributed by atoms with Crippen molar-refractivity contribution in [2.24, 2.45) is 0 Å². The van der Waals surface area contributed by atoms with Gasteiger partial charge in [-0.2, -0.15) is 0 Å². The van der Waals surface area contributed by atoms with E-state index in [9.17, 15) is 9.90 Å². The van der Waals surface area contributed by atoms with Crippen molar-refractivity contribution in [1.29, 1.82) is 0 Å². The van der Waals surface area contributed by atoms with Gasteiger partial charge in [0.05, 0.1) is 0 Å². The summed E-state index contributed by atoms with van der Waals surface area (Å²) in [6.45, 7) is 3.90. The molecule has 0 fully saturated rings. The third kappa shape index (κ3) is 2.90. The first-order chi connectivity index (χ1) is 6.09. The van der Waals surface area contributed by atoms with Gasteiger partial charge in [-0.05, 0) is 24.8 Å². The number of aliphatic carboxylic acids is 1. The van der Waals surface area contributed by atoms with Crippen molar-refractivity contribution in [2.75, 3.05) is 0 Å². The number of carbonyl (C=O) groups excluding carboxylic acids is 1. The zero-order valence-electron chi connectivity index (χ0n) is 7.91. The Hall–Kier alpha value is -1.31. The van der Waals surface area contributed by atoms with E-state index < -0.39 is 5.97 Å². The predicted molar refractivity (Wildman–Crippen MR) is 49.2 cm³/mol. The Morgan fingerprint density at radius 1 is 1.38 bits per heavy atom. The molecule has 0 saturated heterocycles. The molecule has 0 aliphatic carbocycles. The fourth-order valence-electron chi connectivity index (χ4n) is 1.26. The number of hydrogen-bond donors (Lipinski definition) is 0. The van der Waals surface area contributed by atoms with Crippen molar-refractivity contribution in [3.05, 3.63) is 35.4 Å². The maximum Gasteiger partial charge on any atom is 0.0420 e. The van der Waals surface area contributed by atoms with Gasteiger partial charge in [0, 0.05) is 5.97 Å². The van der Waals surface area contributed by atoms with Gasteiger partial charge in [0.2, 0.25) is 0 Å². The highest BCUT2D eigenvalue weighted by atomic mass is 16.4. The monoisotopic (exact) mass is 177 g/mol. The smallest absolute Gasteiger partial charge is 0.0420 e. The number of carboxylic acids is 1. The summed E-state index contributed by atoms with van der Waals surface area (Å²) in [5.74, 6) is -0.960. The lowest BCUT2D eigenvalue weighted by atomic mass is 9.97. The average Bonchev–Trinajstić information content (AvgIpc) is 2.04. The van der Waals surface area contributed by atoms with Crippen LogP contribution in [0.5, 0.6) is 0 Å². The van der Waals surface area contributed by atoms with Gasteiger partial charge in [0.25, 0.3) is 0 Å². The molecule has 0 bridgehead atoms. The predicted octanol–water partition coefficient (Wildman–Crippen LogP) is 1.24. The summed E-state index contributed by atoms with van der Waals surface area (Å²) in [4.78, 5) is 10.3. The summed E-state index contributed by atoms with van der Waals surface area (Å²) in [5.41, 5.74) is 2.24. The molecular formula is C11H13O2-. The number of carbonyl (C=O) groups is 1. The van der Waals surface area contributed by atoms with Crippen LogP contribution in [0.15, 0.2) is 24.3 Å². The van der Waals surface area contributed by atoms with Crippen LogP contribution in [0.1, 0.15) is 30.4 Å². The first-order valence-electron chi connectivity index (χ1n) is 4.36. The van der Waals surface area contributed by atoms with Gasteiger partial charge >= 0.3 is 0 Å². The standard InChI is InChI=1S/C11H14O2/c1-8-3-5-10(6-4-8)9(2)7-11(12)13/h3-6,9H,7H2,1-2H3,(H,12,13)/p-1/t9-/m0/s1. The van der Waals surface area contributed by atoms with E-state index in [4.69, 9.17) is 0 Å². The largest absolute Gasteiger partial charge is 0.550 e. The molecule has 0 heterocycles. The summed E-state index contributed by atoms with van der Waals surface area (Å²) in [5, 5.41) is 10.3. The Labute approximate surface area is 78.2 Å². The molecular weight excluding hydrogens is 164 g/mol. The zero-order valence-corrected chi connectivity index (χ0v) is 7.91. The van der Waals surface area contributed by atoms with Crippen molar-refractivity contribution < 1.29 is 9.90 Å². The summed E-state index contributed by atoms with van der Waals surface area (Å²) in [6.07, 6.45) is 0.0864. The van der Waals surface area contributed by atoms with E-state index in [0.29, 0.717) is 0 Å². The van der Waals surface area contributed by atoms with Gasteiger partial charge < -0.3 is 9.90 Å². The topological polar surface area (TPSA) is 40.1 Å². The van der Waals surface area contributed by atoms with Crippen molar-refractivity contribution in [2.45, 2.75) is 26.2 Å². The van der Waals surface area contributed by atoms with Gasteiger partial charge in [0.15, 0.2) is 0 Å². The van der Waals surface area contributed by atoms with Gasteiger partial charge in [-0.15, -0.1) is 0 Å². The molecule has 2 nitrogen and oxygen atoms in total. The summed E-state index contributed by atoms with van der Waals surface area (Å²) < 4.78 is 0. The molecule has 2 heteroatoms. The van der Waals surface area contributed by atoms with Gasteiger partial charge in [-0.1, -0.05) is 36.8 Å². The Kier molecular flexibility index (Phi) is 3.07. The average molecular weight is 177 g/mol. The fourth-order valence-corrected chi connectivity index (χ4v) is 1.26. The van der Waals surface area contributed by atoms with Crippen LogP contribution in [0, 0.1) is 6.92 Å². The number of carboxylic acid groups (broad SMARTS) is 1. The van der Waals surface area contributed by atoms with Crippen LogP contribution in [0.2, 0.25) is 0 Å². The van der Waals surface area contributed by atoms with Crippen LogP contribution < -0.4 is 5.11 Å². The van der Waals surface area contributed by atoms with E-state index in [-0.39, 0.29) is 12.3 Å². The molecule has 1 rings (SSSR count). The molecule has 1 atom stereocenters. The van der Waals surface area contributed by atoms with Gasteiger partial charge in [-0.3, -0.25) is 0 Å². The Morgan fingerprint density at radius 3 is 2.38 bits per heavy atom. The minimum absolute atomic E-state index is 0.0330. The van der Waals surface area contributed by atoms with Crippen LogP contribution in [0.3, 0.4) is 0 Å². The fraction of sp³-hybridized carbons (Fsp3) is 0.364. The second-order valence-electron chi connectivity index (χ2n) is 3.39. The zero-order chi connectivity index (χ0) is 9.84. The van der Waals surface area contributed by atoms with Crippen molar-refractivity contribution in [3.8, 4) is 0 Å². The van der Waals surface area contributed by atoms with Crippen molar-refractivity contribution in [3.63, 3.8) is 0 Å². The van der Waals surface area contributed by atoms with Crippen LogP contribution in [-0.2, 0) is 4.79 Å². The summed E-state index contributed by atoms with van der Waals surface area (Å²) >= 11 is 0. The second kappa shape index (κ2) is 4.08. The highest BCUT2D eigenvalue weighted by Crippen LogP contribution is 2.18. The normalized spacial score (nSPS) is 12.5.